The maximum atomic E-state index is 12.9. The van der Waals surface area contributed by atoms with Crippen molar-refractivity contribution < 1.29 is 9.84 Å². The van der Waals surface area contributed by atoms with Gasteiger partial charge >= 0.3 is 0 Å². The van der Waals surface area contributed by atoms with Crippen molar-refractivity contribution in [2.45, 2.75) is 38.4 Å². The highest BCUT2D eigenvalue weighted by Gasteiger charge is 2.24. The van der Waals surface area contributed by atoms with Gasteiger partial charge in [0.25, 0.3) is 5.56 Å². The summed E-state index contributed by atoms with van der Waals surface area (Å²) in [7, 11) is 0. The normalized spacial score (nSPS) is 18.8. The van der Waals surface area contributed by atoms with E-state index in [1.54, 1.807) is 24.7 Å². The number of nitrogens with zero attached hydrogens (tertiary/aromatic N) is 6. The van der Waals surface area contributed by atoms with Crippen LogP contribution in [0.2, 0.25) is 10.0 Å². The number of hydrogen-bond donors (Lipinski definition) is 1. The van der Waals surface area contributed by atoms with Gasteiger partial charge in [0.15, 0.2) is 0 Å². The second-order valence-electron chi connectivity index (χ2n) is 8.86. The lowest BCUT2D eigenvalue weighted by Crippen LogP contribution is -2.39. The van der Waals surface area contributed by atoms with Gasteiger partial charge in [0.1, 0.15) is 17.7 Å². The smallest absolute Gasteiger partial charge is 0.260 e. The first-order valence-corrected chi connectivity index (χ1v) is 12.4. The van der Waals surface area contributed by atoms with E-state index in [9.17, 15) is 9.90 Å². The van der Waals surface area contributed by atoms with Crippen LogP contribution in [-0.2, 0) is 0 Å². The van der Waals surface area contributed by atoms with Gasteiger partial charge in [0.05, 0.1) is 39.9 Å². The summed E-state index contributed by atoms with van der Waals surface area (Å²) in [6, 6.07) is 5.14. The molecule has 0 bridgehead atoms. The van der Waals surface area contributed by atoms with Crippen molar-refractivity contribution in [3.05, 3.63) is 62.9 Å². The number of halogens is 2. The molecule has 0 spiro atoms. The molecule has 5 rings (SSSR count). The van der Waals surface area contributed by atoms with Gasteiger partial charge in [-0.05, 0) is 25.5 Å². The van der Waals surface area contributed by atoms with Crippen LogP contribution in [0.1, 0.15) is 25.0 Å². The quantitative estimate of drug-likeness (QED) is 0.551. The number of aliphatic hydroxyl groups excluding tert-OH is 1. The summed E-state index contributed by atoms with van der Waals surface area (Å²) in [4.78, 5) is 30.2. The Morgan fingerprint density at radius 2 is 1.77 bits per heavy atom. The predicted octanol–water partition coefficient (Wildman–Crippen LogP) is 3.26. The zero-order chi connectivity index (χ0) is 24.5. The molecule has 9 nitrogen and oxygen atoms in total. The Hall–Kier alpha value is -2.88. The topological polar surface area (TPSA) is 96.6 Å². The van der Waals surface area contributed by atoms with E-state index in [0.29, 0.717) is 34.1 Å². The largest absolute Gasteiger partial charge is 0.488 e. The molecule has 1 atom stereocenters. The lowest BCUT2D eigenvalue weighted by Gasteiger charge is -2.32. The summed E-state index contributed by atoms with van der Waals surface area (Å²) in [5.74, 6) is 1.50. The lowest BCUT2D eigenvalue weighted by molar-refractivity contribution is 0.170. The second-order valence-corrected chi connectivity index (χ2v) is 9.71. The maximum Gasteiger partial charge on any atom is 0.260 e. The predicted molar refractivity (Wildman–Crippen MR) is 135 cm³/mol. The minimum atomic E-state index is -0.318. The number of pyridine rings is 2. The summed E-state index contributed by atoms with van der Waals surface area (Å²) >= 11 is 12.4. The Morgan fingerprint density at radius 1 is 1.06 bits per heavy atom. The van der Waals surface area contributed by atoms with Crippen LogP contribution in [0.25, 0.3) is 5.82 Å². The van der Waals surface area contributed by atoms with Crippen LogP contribution < -0.4 is 20.1 Å². The molecule has 184 valence electrons. The first-order valence-electron chi connectivity index (χ1n) is 11.6. The third-order valence-corrected chi connectivity index (χ3v) is 6.87. The van der Waals surface area contributed by atoms with E-state index in [2.05, 4.69) is 24.8 Å². The van der Waals surface area contributed by atoms with Crippen molar-refractivity contribution in [2.24, 2.45) is 0 Å². The first-order chi connectivity index (χ1) is 16.9. The fraction of sp³-hybridized carbons (Fsp3) is 0.417. The number of aryl methyl sites for hydroxylation is 1. The van der Waals surface area contributed by atoms with E-state index < -0.39 is 0 Å². The van der Waals surface area contributed by atoms with Gasteiger partial charge in [-0.15, -0.1) is 0 Å². The highest BCUT2D eigenvalue weighted by atomic mass is 35.5. The van der Waals surface area contributed by atoms with Crippen LogP contribution >= 0.6 is 23.2 Å². The Bertz CT molecular complexity index is 1260. The molecule has 35 heavy (non-hydrogen) atoms. The summed E-state index contributed by atoms with van der Waals surface area (Å²) in [5.41, 5.74) is 1.48. The third-order valence-electron chi connectivity index (χ3n) is 6.39. The van der Waals surface area contributed by atoms with Crippen molar-refractivity contribution in [3.63, 3.8) is 0 Å². The van der Waals surface area contributed by atoms with E-state index in [1.165, 1.54) is 10.6 Å². The van der Waals surface area contributed by atoms with Crippen LogP contribution in [0, 0.1) is 6.92 Å². The standard InChI is InChI=1S/C24H26Cl2N6O3/c1-15-20(31-7-4-17(33)13-31)2-3-22(29-15)32-14-19(26)21(10-23(32)34)35-18-5-8-30(9-6-18)24-27-11-16(25)12-28-24/h2-3,10-12,14,17-18,33H,4-9,13H2,1H3. The molecule has 3 aromatic heterocycles. The number of β-amino-alcohol motifs (C(OH)–C–C–N with tert-alkyl or cyclic N) is 1. The fourth-order valence-corrected chi connectivity index (χ4v) is 4.85. The maximum absolute atomic E-state index is 12.9. The summed E-state index contributed by atoms with van der Waals surface area (Å²) in [5, 5.41) is 10.7. The van der Waals surface area contributed by atoms with Crippen LogP contribution in [0.4, 0.5) is 11.6 Å². The summed E-state index contributed by atoms with van der Waals surface area (Å²) in [6.07, 6.45) is 6.58. The Balaban J connectivity index is 1.27. The molecule has 2 saturated heterocycles. The SMILES string of the molecule is Cc1nc(-n2cc(Cl)c(OC3CCN(c4ncc(Cl)cn4)CC3)cc2=O)ccc1N1CCC(O)C1. The van der Waals surface area contributed by atoms with E-state index in [1.807, 2.05) is 13.0 Å². The van der Waals surface area contributed by atoms with E-state index in [-0.39, 0.29) is 17.8 Å². The summed E-state index contributed by atoms with van der Waals surface area (Å²) < 4.78 is 7.52. The van der Waals surface area contributed by atoms with E-state index >= 15 is 0 Å². The van der Waals surface area contributed by atoms with Crippen molar-refractivity contribution in [1.29, 1.82) is 0 Å². The minimum Gasteiger partial charge on any atom is -0.488 e. The van der Waals surface area contributed by atoms with Gasteiger partial charge in [0, 0.05) is 51.3 Å². The number of anilines is 2. The minimum absolute atomic E-state index is 0.0678. The Labute approximate surface area is 212 Å². The fourth-order valence-electron chi connectivity index (χ4n) is 4.55. The number of hydrogen-bond acceptors (Lipinski definition) is 8. The van der Waals surface area contributed by atoms with Crippen LogP contribution in [-0.4, -0.2) is 63.0 Å². The lowest BCUT2D eigenvalue weighted by atomic mass is 10.1. The zero-order valence-corrected chi connectivity index (χ0v) is 20.8. The zero-order valence-electron chi connectivity index (χ0n) is 19.3. The molecule has 0 aromatic carbocycles. The van der Waals surface area contributed by atoms with Crippen LogP contribution in [0.3, 0.4) is 0 Å². The van der Waals surface area contributed by atoms with Crippen molar-refractivity contribution in [3.8, 4) is 11.6 Å². The number of ether oxygens (including phenoxy) is 1. The third kappa shape index (κ3) is 5.22. The van der Waals surface area contributed by atoms with Gasteiger partial charge in [-0.2, -0.15) is 0 Å². The number of rotatable bonds is 5. The molecule has 1 N–H and O–H groups in total. The molecule has 2 aliphatic heterocycles. The molecule has 3 aromatic rings. The highest BCUT2D eigenvalue weighted by molar-refractivity contribution is 6.32. The number of aromatic nitrogens is 4. The van der Waals surface area contributed by atoms with Gasteiger partial charge in [-0.3, -0.25) is 9.36 Å². The molecule has 2 fully saturated rings. The monoisotopic (exact) mass is 516 g/mol. The average molecular weight is 517 g/mol. The van der Waals surface area contributed by atoms with Gasteiger partial charge in [-0.1, -0.05) is 23.2 Å². The number of aliphatic hydroxyl groups is 1. The molecule has 0 amide bonds. The number of piperidine rings is 1. The molecule has 2 aliphatic rings. The Kier molecular flexibility index (Phi) is 6.82. The summed E-state index contributed by atoms with van der Waals surface area (Å²) in [6.45, 7) is 4.72. The van der Waals surface area contributed by atoms with Gasteiger partial charge in [0.2, 0.25) is 5.95 Å². The van der Waals surface area contributed by atoms with Crippen LogP contribution in [0.5, 0.6) is 5.75 Å². The van der Waals surface area contributed by atoms with Crippen molar-refractivity contribution in [1.82, 2.24) is 19.5 Å². The molecule has 11 heteroatoms. The first kappa shape index (κ1) is 23.8. The van der Waals surface area contributed by atoms with Gasteiger partial charge in [-0.25, -0.2) is 15.0 Å². The van der Waals surface area contributed by atoms with Crippen molar-refractivity contribution in [2.75, 3.05) is 36.0 Å². The molecule has 1 unspecified atom stereocenters. The molecule has 0 radical (unpaired) electrons. The molecule has 5 heterocycles. The van der Waals surface area contributed by atoms with Gasteiger partial charge < -0.3 is 19.6 Å². The highest BCUT2D eigenvalue weighted by Crippen LogP contribution is 2.28. The second kappa shape index (κ2) is 10.0. The average Bonchev–Trinajstić information content (AvgIpc) is 3.28. The molecular formula is C24H26Cl2N6O3. The van der Waals surface area contributed by atoms with E-state index in [4.69, 9.17) is 27.9 Å². The Morgan fingerprint density at radius 3 is 2.43 bits per heavy atom. The van der Waals surface area contributed by atoms with E-state index in [0.717, 1.165) is 50.3 Å². The van der Waals surface area contributed by atoms with Crippen molar-refractivity contribution >= 4 is 34.8 Å². The van der Waals surface area contributed by atoms with Crippen LogP contribution in [0.15, 0.2) is 41.6 Å². The molecule has 0 aliphatic carbocycles. The molecular weight excluding hydrogens is 491 g/mol. The molecule has 0 saturated carbocycles.